The van der Waals surface area contributed by atoms with Crippen molar-refractivity contribution in [3.63, 3.8) is 0 Å². The average Bonchev–Trinajstić information content (AvgIpc) is 2.46. The van der Waals surface area contributed by atoms with E-state index in [1.807, 2.05) is 0 Å². The molecule has 6 nitrogen and oxygen atoms in total. The van der Waals surface area contributed by atoms with E-state index in [-0.39, 0.29) is 17.2 Å². The van der Waals surface area contributed by atoms with Gasteiger partial charge in [-0.15, -0.1) is 0 Å². The number of nitrogen functional groups attached to an aromatic ring is 1. The highest BCUT2D eigenvalue weighted by atomic mass is 79.9. The topological polar surface area (TPSA) is 98.3 Å². The Morgan fingerprint density at radius 2 is 1.90 bits per heavy atom. The van der Waals surface area contributed by atoms with Crippen molar-refractivity contribution in [2.75, 3.05) is 5.73 Å². The zero-order chi connectivity index (χ0) is 15.4. The number of non-ortho nitro benzene ring substituents is 1. The summed E-state index contributed by atoms with van der Waals surface area (Å²) in [6.07, 6.45) is 0. The number of nitrogens with one attached hydrogen (secondary N) is 1. The minimum absolute atomic E-state index is 0.129. The van der Waals surface area contributed by atoms with E-state index >= 15 is 0 Å². The number of benzene rings is 2. The third-order valence-electron chi connectivity index (χ3n) is 2.84. The molecule has 0 atom stereocenters. The third-order valence-corrected chi connectivity index (χ3v) is 3.53. The van der Waals surface area contributed by atoms with Gasteiger partial charge in [0.2, 0.25) is 0 Å². The molecule has 1 amide bonds. The molecule has 2 aromatic carbocycles. The largest absolute Gasteiger partial charge is 0.399 e. The molecular formula is C14H12BrN3O3. The predicted molar refractivity (Wildman–Crippen MR) is 82.8 cm³/mol. The predicted octanol–water partition coefficient (Wildman–Crippen LogP) is 2.87. The number of nitro benzene ring substituents is 1. The van der Waals surface area contributed by atoms with Crippen LogP contribution in [0.5, 0.6) is 0 Å². The second-order valence-electron chi connectivity index (χ2n) is 4.35. The van der Waals surface area contributed by atoms with E-state index in [0.29, 0.717) is 16.7 Å². The first-order valence-corrected chi connectivity index (χ1v) is 6.83. The van der Waals surface area contributed by atoms with Gasteiger partial charge in [0, 0.05) is 28.8 Å². The van der Waals surface area contributed by atoms with Gasteiger partial charge in [-0.05, 0) is 39.7 Å². The molecule has 108 valence electrons. The van der Waals surface area contributed by atoms with Crippen molar-refractivity contribution in [3.05, 3.63) is 68.2 Å². The molecule has 0 aliphatic heterocycles. The Hall–Kier alpha value is -2.41. The third kappa shape index (κ3) is 3.79. The Balaban J connectivity index is 2.11. The minimum atomic E-state index is -0.538. The van der Waals surface area contributed by atoms with Crippen molar-refractivity contribution in [3.8, 4) is 0 Å². The average molecular weight is 350 g/mol. The molecule has 0 radical (unpaired) electrons. The van der Waals surface area contributed by atoms with Crippen LogP contribution in [0.4, 0.5) is 11.4 Å². The second-order valence-corrected chi connectivity index (χ2v) is 5.20. The van der Waals surface area contributed by atoms with E-state index in [0.717, 1.165) is 5.56 Å². The highest BCUT2D eigenvalue weighted by Crippen LogP contribution is 2.22. The standard InChI is InChI=1S/C14H12BrN3O3/c15-13-6-5-11(18(20)21)7-12(13)14(19)17-8-9-1-3-10(16)4-2-9/h1-7H,8,16H2,(H,17,19). The summed E-state index contributed by atoms with van der Waals surface area (Å²) in [6, 6.07) is 11.1. The van der Waals surface area contributed by atoms with Crippen LogP contribution in [-0.4, -0.2) is 10.8 Å². The lowest BCUT2D eigenvalue weighted by molar-refractivity contribution is -0.384. The summed E-state index contributed by atoms with van der Waals surface area (Å²) in [4.78, 5) is 22.3. The highest BCUT2D eigenvalue weighted by Gasteiger charge is 2.15. The summed E-state index contributed by atoms with van der Waals surface area (Å²) in [5.74, 6) is -0.387. The maximum atomic E-state index is 12.1. The minimum Gasteiger partial charge on any atom is -0.399 e. The maximum Gasteiger partial charge on any atom is 0.270 e. The SMILES string of the molecule is Nc1ccc(CNC(=O)c2cc([N+](=O)[O-])ccc2Br)cc1. The Kier molecular flexibility index (Phi) is 4.54. The molecule has 7 heteroatoms. The summed E-state index contributed by atoms with van der Waals surface area (Å²) >= 11 is 3.22. The zero-order valence-corrected chi connectivity index (χ0v) is 12.5. The second kappa shape index (κ2) is 6.36. The number of nitrogens with zero attached hydrogens (tertiary/aromatic N) is 1. The number of carbonyl (C=O) groups is 1. The summed E-state index contributed by atoms with van der Waals surface area (Å²) < 4.78 is 0.503. The molecule has 0 heterocycles. The van der Waals surface area contributed by atoms with Crippen LogP contribution < -0.4 is 11.1 Å². The Morgan fingerprint density at radius 1 is 1.24 bits per heavy atom. The summed E-state index contributed by atoms with van der Waals surface area (Å²) in [5.41, 5.74) is 7.21. The molecule has 0 fully saturated rings. The maximum absolute atomic E-state index is 12.1. The van der Waals surface area contributed by atoms with Crippen molar-refractivity contribution >= 4 is 33.2 Å². The van der Waals surface area contributed by atoms with Crippen molar-refractivity contribution < 1.29 is 9.72 Å². The molecule has 0 saturated heterocycles. The fraction of sp³-hybridized carbons (Fsp3) is 0.0714. The molecule has 0 unspecified atom stereocenters. The Bertz CT molecular complexity index is 686. The molecule has 3 N–H and O–H groups in total. The van der Waals surface area contributed by atoms with Crippen LogP contribution in [0, 0.1) is 10.1 Å². The molecule has 2 rings (SSSR count). The number of amides is 1. The number of halogens is 1. The van der Waals surface area contributed by atoms with Gasteiger partial charge in [-0.2, -0.15) is 0 Å². The molecule has 0 aromatic heterocycles. The lowest BCUT2D eigenvalue weighted by atomic mass is 10.1. The van der Waals surface area contributed by atoms with Crippen LogP contribution in [0.1, 0.15) is 15.9 Å². The lowest BCUT2D eigenvalue weighted by Gasteiger charge is -2.07. The number of hydrogen-bond acceptors (Lipinski definition) is 4. The number of hydrogen-bond donors (Lipinski definition) is 2. The first-order valence-electron chi connectivity index (χ1n) is 6.04. The molecule has 0 aliphatic carbocycles. The monoisotopic (exact) mass is 349 g/mol. The van der Waals surface area contributed by atoms with Crippen molar-refractivity contribution in [2.45, 2.75) is 6.54 Å². The molecular weight excluding hydrogens is 338 g/mol. The van der Waals surface area contributed by atoms with Gasteiger partial charge in [-0.1, -0.05) is 12.1 Å². The molecule has 0 bridgehead atoms. The fourth-order valence-corrected chi connectivity index (χ4v) is 2.14. The highest BCUT2D eigenvalue weighted by molar-refractivity contribution is 9.10. The van der Waals surface area contributed by atoms with Crippen LogP contribution in [0.15, 0.2) is 46.9 Å². The molecule has 21 heavy (non-hydrogen) atoms. The van der Waals surface area contributed by atoms with E-state index in [1.54, 1.807) is 24.3 Å². The zero-order valence-electron chi connectivity index (χ0n) is 10.9. The number of anilines is 1. The van der Waals surface area contributed by atoms with E-state index in [9.17, 15) is 14.9 Å². The van der Waals surface area contributed by atoms with Crippen LogP contribution in [-0.2, 0) is 6.54 Å². The summed E-state index contributed by atoms with van der Waals surface area (Å²) in [6.45, 7) is 0.314. The molecule has 0 spiro atoms. The summed E-state index contributed by atoms with van der Waals surface area (Å²) in [7, 11) is 0. The Labute approximate surface area is 129 Å². The number of nitro groups is 1. The van der Waals surface area contributed by atoms with Gasteiger partial charge >= 0.3 is 0 Å². The van der Waals surface area contributed by atoms with Gasteiger partial charge in [-0.3, -0.25) is 14.9 Å². The van der Waals surface area contributed by atoms with Crippen LogP contribution in [0.3, 0.4) is 0 Å². The lowest BCUT2D eigenvalue weighted by Crippen LogP contribution is -2.23. The quantitative estimate of drug-likeness (QED) is 0.503. The number of nitrogens with two attached hydrogens (primary N) is 1. The van der Waals surface area contributed by atoms with Gasteiger partial charge < -0.3 is 11.1 Å². The van der Waals surface area contributed by atoms with Crippen LogP contribution >= 0.6 is 15.9 Å². The van der Waals surface area contributed by atoms with Gasteiger partial charge in [0.05, 0.1) is 10.5 Å². The number of rotatable bonds is 4. The first-order chi connectivity index (χ1) is 9.97. The molecule has 0 aliphatic rings. The number of carbonyl (C=O) groups excluding carboxylic acids is 1. The van der Waals surface area contributed by atoms with E-state index in [1.165, 1.54) is 18.2 Å². The molecule has 0 saturated carbocycles. The van der Waals surface area contributed by atoms with Gasteiger partial charge in [0.25, 0.3) is 11.6 Å². The van der Waals surface area contributed by atoms with E-state index in [4.69, 9.17) is 5.73 Å². The normalized spacial score (nSPS) is 10.1. The first kappa shape index (κ1) is 15.0. The van der Waals surface area contributed by atoms with Gasteiger partial charge in [0.1, 0.15) is 0 Å². The van der Waals surface area contributed by atoms with Crippen molar-refractivity contribution in [1.82, 2.24) is 5.32 Å². The summed E-state index contributed by atoms with van der Waals surface area (Å²) in [5, 5.41) is 13.5. The fourth-order valence-electron chi connectivity index (χ4n) is 1.71. The Morgan fingerprint density at radius 3 is 2.52 bits per heavy atom. The van der Waals surface area contributed by atoms with Gasteiger partial charge in [-0.25, -0.2) is 0 Å². The van der Waals surface area contributed by atoms with Crippen molar-refractivity contribution in [1.29, 1.82) is 0 Å². The van der Waals surface area contributed by atoms with Crippen LogP contribution in [0.2, 0.25) is 0 Å². The van der Waals surface area contributed by atoms with Gasteiger partial charge in [0.15, 0.2) is 0 Å². The smallest absolute Gasteiger partial charge is 0.270 e. The molecule has 2 aromatic rings. The van der Waals surface area contributed by atoms with Crippen molar-refractivity contribution in [2.24, 2.45) is 0 Å². The van der Waals surface area contributed by atoms with E-state index in [2.05, 4.69) is 21.2 Å². The van der Waals surface area contributed by atoms with Crippen LogP contribution in [0.25, 0.3) is 0 Å². The van der Waals surface area contributed by atoms with E-state index < -0.39 is 4.92 Å².